The Labute approximate surface area is 148 Å². The number of carbonyl (C=O) groups excluding carboxylic acids is 1. The van der Waals surface area contributed by atoms with Crippen LogP contribution in [0.15, 0.2) is 30.4 Å². The molecule has 124 valence electrons. The van der Waals surface area contributed by atoms with E-state index < -0.39 is 0 Å². The second-order valence-corrected chi connectivity index (χ2v) is 7.43. The maximum atomic E-state index is 12.9. The summed E-state index contributed by atoms with van der Waals surface area (Å²) in [6.07, 6.45) is 9.23. The Morgan fingerprint density at radius 3 is 2.57 bits per heavy atom. The Kier molecular flexibility index (Phi) is 5.15. The van der Waals surface area contributed by atoms with Crippen molar-refractivity contribution in [2.45, 2.75) is 50.5 Å². The van der Waals surface area contributed by atoms with E-state index in [-0.39, 0.29) is 11.5 Å². The van der Waals surface area contributed by atoms with E-state index in [9.17, 15) is 4.79 Å². The SMILES string of the molecule is CCC(=O)C(N1CC=CCC1)C1(c2ccc(Cl)c(Cl)c2)CCC1. The van der Waals surface area contributed by atoms with Crippen LogP contribution >= 0.6 is 23.2 Å². The third-order valence-electron chi connectivity index (χ3n) is 5.37. The van der Waals surface area contributed by atoms with Gasteiger partial charge in [-0.3, -0.25) is 9.69 Å². The lowest BCUT2D eigenvalue weighted by atomic mass is 9.58. The molecule has 0 N–H and O–H groups in total. The highest BCUT2D eigenvalue weighted by Crippen LogP contribution is 2.49. The number of nitrogens with zero attached hydrogens (tertiary/aromatic N) is 1. The van der Waals surface area contributed by atoms with Crippen LogP contribution in [0.1, 0.15) is 44.6 Å². The van der Waals surface area contributed by atoms with Gasteiger partial charge in [0, 0.05) is 24.9 Å². The first-order valence-electron chi connectivity index (χ1n) is 8.46. The zero-order valence-electron chi connectivity index (χ0n) is 13.5. The Hall–Kier alpha value is -0.830. The molecule has 1 fully saturated rings. The van der Waals surface area contributed by atoms with E-state index in [4.69, 9.17) is 23.2 Å². The molecular formula is C19H23Cl2NO. The Balaban J connectivity index is 2.01. The summed E-state index contributed by atoms with van der Waals surface area (Å²) < 4.78 is 0. The number of hydrogen-bond donors (Lipinski definition) is 0. The van der Waals surface area contributed by atoms with Crippen LogP contribution in [0.3, 0.4) is 0 Å². The first kappa shape index (κ1) is 17.0. The minimum absolute atomic E-state index is 0.0524. The number of halogens is 2. The van der Waals surface area contributed by atoms with Crippen molar-refractivity contribution in [3.8, 4) is 0 Å². The molecule has 1 heterocycles. The highest BCUT2D eigenvalue weighted by atomic mass is 35.5. The first-order valence-corrected chi connectivity index (χ1v) is 9.21. The van der Waals surface area contributed by atoms with Crippen LogP contribution in [0.25, 0.3) is 0 Å². The highest BCUT2D eigenvalue weighted by Gasteiger charge is 2.50. The van der Waals surface area contributed by atoms with Gasteiger partial charge in [-0.25, -0.2) is 0 Å². The molecular weight excluding hydrogens is 329 g/mol. The average Bonchev–Trinajstić information content (AvgIpc) is 2.53. The second kappa shape index (κ2) is 6.96. The van der Waals surface area contributed by atoms with Crippen molar-refractivity contribution in [3.63, 3.8) is 0 Å². The van der Waals surface area contributed by atoms with Crippen molar-refractivity contribution in [1.82, 2.24) is 4.90 Å². The fourth-order valence-electron chi connectivity index (χ4n) is 4.03. The third kappa shape index (κ3) is 3.09. The highest BCUT2D eigenvalue weighted by molar-refractivity contribution is 6.42. The zero-order chi connectivity index (χ0) is 16.4. The first-order chi connectivity index (χ1) is 11.1. The summed E-state index contributed by atoms with van der Waals surface area (Å²) in [5.41, 5.74) is 1.06. The van der Waals surface area contributed by atoms with Crippen LogP contribution in [0.4, 0.5) is 0 Å². The summed E-state index contributed by atoms with van der Waals surface area (Å²) in [5, 5.41) is 1.15. The molecule has 23 heavy (non-hydrogen) atoms. The lowest BCUT2D eigenvalue weighted by Gasteiger charge is -2.51. The summed E-state index contributed by atoms with van der Waals surface area (Å²) in [6.45, 7) is 3.78. The normalized spacial score (nSPS) is 21.7. The number of Topliss-reactive ketones (excluding diaryl/α,β-unsaturated/α-hetero) is 1. The van der Waals surface area contributed by atoms with Crippen LogP contribution in [0, 0.1) is 0 Å². The van der Waals surface area contributed by atoms with Crippen molar-refractivity contribution in [1.29, 1.82) is 0 Å². The van der Waals surface area contributed by atoms with Crippen LogP contribution in [0.2, 0.25) is 10.0 Å². The number of rotatable bonds is 5. The molecule has 0 radical (unpaired) electrons. The molecule has 1 aromatic carbocycles. The number of benzene rings is 1. The molecule has 0 aromatic heterocycles. The van der Waals surface area contributed by atoms with E-state index in [1.165, 1.54) is 5.56 Å². The summed E-state index contributed by atoms with van der Waals surface area (Å²) in [6, 6.07) is 5.84. The number of hydrogen-bond acceptors (Lipinski definition) is 2. The molecule has 0 amide bonds. The number of ketones is 1. The van der Waals surface area contributed by atoms with Gasteiger partial charge < -0.3 is 0 Å². The standard InChI is InChI=1S/C19H23Cl2NO/c1-2-17(23)18(22-11-4-3-5-12-22)19(9-6-10-19)14-7-8-15(20)16(21)13-14/h3-4,7-8,13,18H,2,5-6,9-12H2,1H3. The molecule has 3 rings (SSSR count). The van der Waals surface area contributed by atoms with Crippen molar-refractivity contribution < 1.29 is 4.79 Å². The van der Waals surface area contributed by atoms with Gasteiger partial charge in [-0.1, -0.05) is 54.8 Å². The number of carbonyl (C=O) groups is 1. The fourth-order valence-corrected chi connectivity index (χ4v) is 4.33. The maximum absolute atomic E-state index is 12.9. The zero-order valence-corrected chi connectivity index (χ0v) is 15.0. The molecule has 4 heteroatoms. The smallest absolute Gasteiger partial charge is 0.150 e. The van der Waals surface area contributed by atoms with Gasteiger partial charge in [0.05, 0.1) is 16.1 Å². The Morgan fingerprint density at radius 1 is 1.26 bits per heavy atom. The summed E-state index contributed by atoms with van der Waals surface area (Å²) in [5.74, 6) is 0.339. The van der Waals surface area contributed by atoms with E-state index in [2.05, 4.69) is 23.1 Å². The summed E-state index contributed by atoms with van der Waals surface area (Å²) in [7, 11) is 0. The lowest BCUT2D eigenvalue weighted by Crippen LogP contribution is -2.58. The van der Waals surface area contributed by atoms with Crippen LogP contribution in [-0.2, 0) is 10.2 Å². The van der Waals surface area contributed by atoms with Gasteiger partial charge in [0.15, 0.2) is 5.78 Å². The van der Waals surface area contributed by atoms with E-state index in [0.29, 0.717) is 22.2 Å². The topological polar surface area (TPSA) is 20.3 Å². The van der Waals surface area contributed by atoms with Gasteiger partial charge >= 0.3 is 0 Å². The molecule has 1 aliphatic heterocycles. The predicted octanol–water partition coefficient (Wildman–Crippen LogP) is 5.02. The molecule has 1 aromatic rings. The molecule has 2 aliphatic rings. The van der Waals surface area contributed by atoms with Gasteiger partial charge in [-0.2, -0.15) is 0 Å². The van der Waals surface area contributed by atoms with Crippen molar-refractivity contribution >= 4 is 29.0 Å². The molecule has 1 saturated carbocycles. The lowest BCUT2D eigenvalue weighted by molar-refractivity contribution is -0.128. The minimum atomic E-state index is -0.105. The second-order valence-electron chi connectivity index (χ2n) is 6.62. The fraction of sp³-hybridized carbons (Fsp3) is 0.526. The molecule has 0 spiro atoms. The van der Waals surface area contributed by atoms with Crippen LogP contribution < -0.4 is 0 Å². The molecule has 1 aliphatic carbocycles. The molecule has 1 unspecified atom stereocenters. The van der Waals surface area contributed by atoms with E-state index in [1.807, 2.05) is 19.1 Å². The van der Waals surface area contributed by atoms with E-state index in [0.717, 1.165) is 38.8 Å². The van der Waals surface area contributed by atoms with E-state index >= 15 is 0 Å². The summed E-state index contributed by atoms with van der Waals surface area (Å²) >= 11 is 12.4. The minimum Gasteiger partial charge on any atom is -0.298 e. The Morgan fingerprint density at radius 2 is 2.04 bits per heavy atom. The summed E-state index contributed by atoms with van der Waals surface area (Å²) in [4.78, 5) is 15.2. The molecule has 0 bridgehead atoms. The van der Waals surface area contributed by atoms with Crippen molar-refractivity contribution in [2.24, 2.45) is 0 Å². The Bertz CT molecular complexity index is 622. The van der Waals surface area contributed by atoms with Crippen molar-refractivity contribution in [3.05, 3.63) is 46.0 Å². The van der Waals surface area contributed by atoms with Gasteiger partial charge in [0.25, 0.3) is 0 Å². The van der Waals surface area contributed by atoms with Crippen molar-refractivity contribution in [2.75, 3.05) is 13.1 Å². The van der Waals surface area contributed by atoms with Crippen LogP contribution in [0.5, 0.6) is 0 Å². The quantitative estimate of drug-likeness (QED) is 0.693. The molecule has 2 nitrogen and oxygen atoms in total. The van der Waals surface area contributed by atoms with Gasteiger partial charge in [-0.05, 0) is 37.0 Å². The third-order valence-corrected chi connectivity index (χ3v) is 6.11. The molecule has 0 saturated heterocycles. The largest absolute Gasteiger partial charge is 0.298 e. The average molecular weight is 352 g/mol. The predicted molar refractivity (Wildman–Crippen MR) is 96.4 cm³/mol. The monoisotopic (exact) mass is 351 g/mol. The van der Waals surface area contributed by atoms with Gasteiger partial charge in [-0.15, -0.1) is 0 Å². The van der Waals surface area contributed by atoms with Gasteiger partial charge in [0.1, 0.15) is 0 Å². The van der Waals surface area contributed by atoms with Gasteiger partial charge in [0.2, 0.25) is 0 Å². The van der Waals surface area contributed by atoms with E-state index in [1.54, 1.807) is 0 Å². The maximum Gasteiger partial charge on any atom is 0.150 e. The van der Waals surface area contributed by atoms with Crippen LogP contribution in [-0.4, -0.2) is 29.8 Å². The molecule has 1 atom stereocenters.